The summed E-state index contributed by atoms with van der Waals surface area (Å²) in [6.45, 7) is 5.81. The van der Waals surface area contributed by atoms with Crippen molar-refractivity contribution < 1.29 is 4.74 Å². The average molecular weight is 372 g/mol. The second-order valence-corrected chi connectivity index (χ2v) is 7.75. The predicted molar refractivity (Wildman–Crippen MR) is 111 cm³/mol. The number of hydrogen-bond acceptors (Lipinski definition) is 5. The molecule has 0 spiro atoms. The highest BCUT2D eigenvalue weighted by molar-refractivity contribution is 7.14. The van der Waals surface area contributed by atoms with Crippen LogP contribution in [0.25, 0.3) is 0 Å². The molecule has 140 valence electrons. The molecule has 1 aliphatic heterocycles. The van der Waals surface area contributed by atoms with Gasteiger partial charge in [-0.2, -0.15) is 0 Å². The normalized spacial score (nSPS) is 16.0. The predicted octanol–water partition coefficient (Wildman–Crippen LogP) is 5.06. The number of nitrogens with one attached hydrogen (secondary N) is 1. The second-order valence-electron chi connectivity index (χ2n) is 6.85. The number of thiophene rings is 1. The molecule has 0 saturated carbocycles. The van der Waals surface area contributed by atoms with Crippen LogP contribution < -0.4 is 10.1 Å². The molecule has 0 saturated heterocycles. The van der Waals surface area contributed by atoms with Gasteiger partial charge in [-0.05, 0) is 48.4 Å². The number of nitrogens with zero attached hydrogens (tertiary/aromatic N) is 2. The molecule has 3 rings (SSSR count). The van der Waals surface area contributed by atoms with Crippen molar-refractivity contribution in [3.05, 3.63) is 46.3 Å². The van der Waals surface area contributed by atoms with E-state index in [0.717, 1.165) is 23.7 Å². The largest absolute Gasteiger partial charge is 0.492 e. The van der Waals surface area contributed by atoms with E-state index in [-0.39, 0.29) is 6.17 Å². The molecule has 5 heteroatoms. The van der Waals surface area contributed by atoms with Gasteiger partial charge in [0.15, 0.2) is 0 Å². The zero-order valence-electron chi connectivity index (χ0n) is 16.0. The molecule has 0 fully saturated rings. The Labute approximate surface area is 160 Å². The van der Waals surface area contributed by atoms with Gasteiger partial charge in [-0.3, -0.25) is 5.32 Å². The van der Waals surface area contributed by atoms with Crippen molar-refractivity contribution in [2.45, 2.75) is 45.7 Å². The molecule has 0 bridgehead atoms. The minimum atomic E-state index is 0.166. The van der Waals surface area contributed by atoms with Crippen molar-refractivity contribution in [3.8, 4) is 5.75 Å². The summed E-state index contributed by atoms with van der Waals surface area (Å²) in [7, 11) is 2.05. The van der Waals surface area contributed by atoms with Gasteiger partial charge in [-0.15, -0.1) is 11.3 Å². The Morgan fingerprint density at radius 3 is 2.96 bits per heavy atom. The van der Waals surface area contributed by atoms with Gasteiger partial charge in [-0.1, -0.05) is 31.9 Å². The van der Waals surface area contributed by atoms with Gasteiger partial charge in [0.2, 0.25) is 0 Å². The van der Waals surface area contributed by atoms with E-state index in [1.165, 1.54) is 36.0 Å². The lowest BCUT2D eigenvalue weighted by Crippen LogP contribution is -2.38. The van der Waals surface area contributed by atoms with Crippen LogP contribution in [0.2, 0.25) is 0 Å². The summed E-state index contributed by atoms with van der Waals surface area (Å²) >= 11 is 1.68. The topological polar surface area (TPSA) is 36.9 Å². The number of hydrogen-bond donors (Lipinski definition) is 1. The number of ether oxygens (including phenoxy) is 1. The first-order chi connectivity index (χ1) is 12.7. The zero-order chi connectivity index (χ0) is 18.4. The minimum absolute atomic E-state index is 0.166. The van der Waals surface area contributed by atoms with Gasteiger partial charge in [-0.25, -0.2) is 4.99 Å². The monoisotopic (exact) mass is 371 g/mol. The van der Waals surface area contributed by atoms with Crippen molar-refractivity contribution in [3.63, 3.8) is 0 Å². The average Bonchev–Trinajstić information content (AvgIpc) is 3.10. The Balaban J connectivity index is 1.47. The van der Waals surface area contributed by atoms with Gasteiger partial charge >= 0.3 is 0 Å². The first kappa shape index (κ1) is 18.9. The molecule has 1 N–H and O–H groups in total. The third kappa shape index (κ3) is 4.65. The first-order valence-electron chi connectivity index (χ1n) is 9.48. The van der Waals surface area contributed by atoms with Crippen molar-refractivity contribution in [1.82, 2.24) is 10.2 Å². The molecule has 1 aliphatic rings. The van der Waals surface area contributed by atoms with E-state index < -0.39 is 0 Å². The summed E-state index contributed by atoms with van der Waals surface area (Å²) in [6, 6.07) is 8.73. The fraction of sp³-hybridized carbons (Fsp3) is 0.476. The van der Waals surface area contributed by atoms with Crippen LogP contribution in [0.5, 0.6) is 5.75 Å². The molecular weight excluding hydrogens is 342 g/mol. The molecule has 2 aromatic rings. The van der Waals surface area contributed by atoms with Crippen molar-refractivity contribution >= 4 is 22.7 Å². The molecule has 0 radical (unpaired) electrons. The Morgan fingerprint density at radius 1 is 1.27 bits per heavy atom. The van der Waals surface area contributed by atoms with Crippen LogP contribution in [0.1, 0.15) is 49.0 Å². The highest BCUT2D eigenvalue weighted by atomic mass is 32.1. The number of fused-ring (bicyclic) bond motifs is 1. The third-order valence-electron chi connectivity index (χ3n) is 4.74. The highest BCUT2D eigenvalue weighted by Crippen LogP contribution is 2.35. The van der Waals surface area contributed by atoms with E-state index in [1.54, 1.807) is 11.3 Å². The van der Waals surface area contributed by atoms with Gasteiger partial charge in [0.25, 0.3) is 0 Å². The van der Waals surface area contributed by atoms with E-state index in [9.17, 15) is 0 Å². The Hall–Kier alpha value is -1.85. The lowest BCUT2D eigenvalue weighted by molar-refractivity contribution is 0.264. The lowest BCUT2D eigenvalue weighted by atomic mass is 10.0. The number of rotatable bonds is 9. The van der Waals surface area contributed by atoms with E-state index in [4.69, 9.17) is 4.74 Å². The SMILES string of the molecule is CCCCCc1ccc(OCCNC2c3ccsc3N=CN2C)c(C)c1. The molecule has 4 nitrogen and oxygen atoms in total. The quantitative estimate of drug-likeness (QED) is 0.626. The molecule has 1 aromatic carbocycles. The van der Waals surface area contributed by atoms with Gasteiger partial charge in [0.05, 0.1) is 6.34 Å². The van der Waals surface area contributed by atoms with Crippen LogP contribution in [0.15, 0.2) is 34.6 Å². The lowest BCUT2D eigenvalue weighted by Gasteiger charge is -2.30. The Kier molecular flexibility index (Phi) is 6.69. The summed E-state index contributed by atoms with van der Waals surface area (Å²) in [6.07, 6.45) is 7.05. The molecular formula is C21H29N3OS. The van der Waals surface area contributed by atoms with E-state index in [1.807, 2.05) is 13.4 Å². The Bertz CT molecular complexity index is 741. The first-order valence-corrected chi connectivity index (χ1v) is 10.4. The number of benzene rings is 1. The molecule has 0 amide bonds. The van der Waals surface area contributed by atoms with Gasteiger partial charge < -0.3 is 9.64 Å². The molecule has 1 atom stereocenters. The van der Waals surface area contributed by atoms with Crippen LogP contribution in [0.4, 0.5) is 5.00 Å². The van der Waals surface area contributed by atoms with Crippen LogP contribution in [0.3, 0.4) is 0 Å². The van der Waals surface area contributed by atoms with Crippen molar-refractivity contribution in [2.24, 2.45) is 4.99 Å². The molecule has 0 aliphatic carbocycles. The van der Waals surface area contributed by atoms with E-state index in [2.05, 4.69) is 58.7 Å². The maximum atomic E-state index is 6.00. The van der Waals surface area contributed by atoms with Crippen LogP contribution in [-0.4, -0.2) is 31.4 Å². The van der Waals surface area contributed by atoms with E-state index >= 15 is 0 Å². The van der Waals surface area contributed by atoms with Crippen molar-refractivity contribution in [2.75, 3.05) is 20.2 Å². The second kappa shape index (κ2) is 9.19. The molecule has 1 aromatic heterocycles. The fourth-order valence-electron chi connectivity index (χ4n) is 3.27. The zero-order valence-corrected chi connectivity index (χ0v) is 16.8. The maximum absolute atomic E-state index is 6.00. The summed E-state index contributed by atoms with van der Waals surface area (Å²) < 4.78 is 6.00. The number of aliphatic imine (C=N–C) groups is 1. The summed E-state index contributed by atoms with van der Waals surface area (Å²) in [5, 5.41) is 6.75. The standard InChI is InChI=1S/C21H29N3OS/c1-4-5-6-7-17-8-9-19(16(2)14-17)25-12-11-22-20-18-10-13-26-21(18)23-15-24(20)3/h8-10,13-15,20,22H,4-7,11-12H2,1-3H3. The molecule has 26 heavy (non-hydrogen) atoms. The van der Waals surface area contributed by atoms with Gasteiger partial charge in [0, 0.05) is 19.2 Å². The maximum Gasteiger partial charge on any atom is 0.124 e. The third-order valence-corrected chi connectivity index (χ3v) is 5.58. The highest BCUT2D eigenvalue weighted by Gasteiger charge is 2.22. The molecule has 1 unspecified atom stereocenters. The number of unbranched alkanes of at least 4 members (excludes halogenated alkanes) is 2. The van der Waals surface area contributed by atoms with Crippen LogP contribution >= 0.6 is 11.3 Å². The smallest absolute Gasteiger partial charge is 0.124 e. The molecule has 2 heterocycles. The summed E-state index contributed by atoms with van der Waals surface area (Å²) in [5.41, 5.74) is 3.88. The number of aryl methyl sites for hydroxylation is 2. The summed E-state index contributed by atoms with van der Waals surface area (Å²) in [5.74, 6) is 0.987. The van der Waals surface area contributed by atoms with E-state index in [0.29, 0.717) is 6.61 Å². The summed E-state index contributed by atoms with van der Waals surface area (Å²) in [4.78, 5) is 6.56. The van der Waals surface area contributed by atoms with Gasteiger partial charge in [0.1, 0.15) is 23.5 Å². The van der Waals surface area contributed by atoms with Crippen molar-refractivity contribution in [1.29, 1.82) is 0 Å². The van der Waals surface area contributed by atoms with Crippen LogP contribution in [-0.2, 0) is 6.42 Å². The Morgan fingerprint density at radius 2 is 2.15 bits per heavy atom. The minimum Gasteiger partial charge on any atom is -0.492 e. The fourth-order valence-corrected chi connectivity index (χ4v) is 4.04. The van der Waals surface area contributed by atoms with Crippen LogP contribution in [0, 0.1) is 6.92 Å².